The number of hydrogen-bond acceptors (Lipinski definition) is 3. The highest BCUT2D eigenvalue weighted by atomic mass is 16.5. The third-order valence-corrected chi connectivity index (χ3v) is 3.57. The predicted octanol–water partition coefficient (Wildman–Crippen LogP) is 4.18. The maximum absolute atomic E-state index is 5.83. The molecular weight excluding hydrogens is 262 g/mol. The van der Waals surface area contributed by atoms with Gasteiger partial charge in [-0.05, 0) is 55.3 Å². The van der Waals surface area contributed by atoms with Crippen LogP contribution in [0.25, 0.3) is 0 Å². The van der Waals surface area contributed by atoms with Crippen LogP contribution >= 0.6 is 0 Å². The van der Waals surface area contributed by atoms with Crippen LogP contribution < -0.4 is 15.2 Å². The van der Waals surface area contributed by atoms with Crippen LogP contribution in [-0.4, -0.2) is 19.8 Å². The Labute approximate surface area is 129 Å². The highest BCUT2D eigenvalue weighted by Crippen LogP contribution is 2.30. The summed E-state index contributed by atoms with van der Waals surface area (Å²) in [6.07, 6.45) is 4.09. The van der Waals surface area contributed by atoms with E-state index < -0.39 is 0 Å². The van der Waals surface area contributed by atoms with Crippen LogP contribution in [-0.2, 0) is 6.42 Å². The molecule has 0 aliphatic heterocycles. The molecule has 0 fully saturated rings. The number of aryl methyl sites for hydroxylation is 1. The van der Waals surface area contributed by atoms with Gasteiger partial charge in [-0.2, -0.15) is 0 Å². The van der Waals surface area contributed by atoms with Crippen molar-refractivity contribution in [3.05, 3.63) is 23.8 Å². The Balaban J connectivity index is 2.77. The first-order valence-corrected chi connectivity index (χ1v) is 8.11. The van der Waals surface area contributed by atoms with Crippen molar-refractivity contribution < 1.29 is 9.47 Å². The molecule has 2 N–H and O–H groups in total. The summed E-state index contributed by atoms with van der Waals surface area (Å²) in [5, 5.41) is 0. The Morgan fingerprint density at radius 3 is 2.19 bits per heavy atom. The zero-order chi connectivity index (χ0) is 15.7. The molecule has 0 spiro atoms. The summed E-state index contributed by atoms with van der Waals surface area (Å²) in [6, 6.07) is 6.29. The van der Waals surface area contributed by atoms with Crippen LogP contribution in [0.5, 0.6) is 11.5 Å². The molecule has 120 valence electrons. The lowest BCUT2D eigenvalue weighted by atomic mass is 9.86. The molecule has 0 radical (unpaired) electrons. The maximum atomic E-state index is 5.83. The van der Waals surface area contributed by atoms with Crippen molar-refractivity contribution in [2.75, 3.05) is 19.8 Å². The molecular formula is C18H31NO2. The van der Waals surface area contributed by atoms with E-state index >= 15 is 0 Å². The van der Waals surface area contributed by atoms with Gasteiger partial charge in [-0.15, -0.1) is 0 Å². The van der Waals surface area contributed by atoms with E-state index in [2.05, 4.69) is 39.8 Å². The summed E-state index contributed by atoms with van der Waals surface area (Å²) >= 11 is 0. The minimum atomic E-state index is 0.182. The van der Waals surface area contributed by atoms with Crippen molar-refractivity contribution in [1.82, 2.24) is 0 Å². The molecule has 21 heavy (non-hydrogen) atoms. The van der Waals surface area contributed by atoms with Crippen molar-refractivity contribution in [3.63, 3.8) is 0 Å². The second kappa shape index (κ2) is 8.93. The molecule has 0 bridgehead atoms. The van der Waals surface area contributed by atoms with Gasteiger partial charge in [0.25, 0.3) is 0 Å². The van der Waals surface area contributed by atoms with Gasteiger partial charge in [0.05, 0.1) is 13.2 Å². The Kier molecular flexibility index (Phi) is 7.58. The van der Waals surface area contributed by atoms with E-state index in [0.717, 1.165) is 50.4 Å². The monoisotopic (exact) mass is 293 g/mol. The standard InChI is InChI=1S/C18H31NO2/c1-5-11-20-16-8-7-15(9-10-18(3,4)14-19)13-17(16)21-12-6-2/h7-8,13H,5-6,9-12,14,19H2,1-4H3. The van der Waals surface area contributed by atoms with Crippen LogP contribution in [0.4, 0.5) is 0 Å². The Hall–Kier alpha value is -1.22. The fourth-order valence-corrected chi connectivity index (χ4v) is 1.95. The molecule has 3 nitrogen and oxygen atoms in total. The van der Waals surface area contributed by atoms with Gasteiger partial charge in [0, 0.05) is 0 Å². The minimum Gasteiger partial charge on any atom is -0.490 e. The van der Waals surface area contributed by atoms with Crippen LogP contribution in [0.1, 0.15) is 52.5 Å². The number of rotatable bonds is 10. The van der Waals surface area contributed by atoms with E-state index in [9.17, 15) is 0 Å². The quantitative estimate of drug-likeness (QED) is 0.703. The lowest BCUT2D eigenvalue weighted by molar-refractivity contribution is 0.268. The van der Waals surface area contributed by atoms with E-state index in [0.29, 0.717) is 6.54 Å². The summed E-state index contributed by atoms with van der Waals surface area (Å²) in [4.78, 5) is 0. The smallest absolute Gasteiger partial charge is 0.161 e. The van der Waals surface area contributed by atoms with Crippen molar-refractivity contribution in [2.24, 2.45) is 11.1 Å². The number of benzene rings is 1. The molecule has 1 aromatic rings. The van der Waals surface area contributed by atoms with Crippen molar-refractivity contribution in [1.29, 1.82) is 0 Å². The minimum absolute atomic E-state index is 0.182. The van der Waals surface area contributed by atoms with Crippen molar-refractivity contribution in [3.8, 4) is 11.5 Å². The summed E-state index contributed by atoms with van der Waals surface area (Å²) in [7, 11) is 0. The van der Waals surface area contributed by atoms with Gasteiger partial charge in [0.15, 0.2) is 11.5 Å². The van der Waals surface area contributed by atoms with Gasteiger partial charge >= 0.3 is 0 Å². The molecule has 0 saturated heterocycles. The number of hydrogen-bond donors (Lipinski definition) is 1. The highest BCUT2D eigenvalue weighted by Gasteiger charge is 2.16. The zero-order valence-corrected chi connectivity index (χ0v) is 14.1. The van der Waals surface area contributed by atoms with Gasteiger partial charge in [-0.25, -0.2) is 0 Å². The second-order valence-electron chi connectivity index (χ2n) is 6.35. The van der Waals surface area contributed by atoms with Crippen LogP contribution in [0.3, 0.4) is 0 Å². The molecule has 0 unspecified atom stereocenters. The first-order chi connectivity index (χ1) is 10.0. The first-order valence-electron chi connectivity index (χ1n) is 8.11. The van der Waals surface area contributed by atoms with E-state index in [1.54, 1.807) is 0 Å². The van der Waals surface area contributed by atoms with Gasteiger partial charge in [0.1, 0.15) is 0 Å². The molecule has 0 saturated carbocycles. The highest BCUT2D eigenvalue weighted by molar-refractivity contribution is 5.43. The summed E-state index contributed by atoms with van der Waals surface area (Å²) in [5.41, 5.74) is 7.27. The molecule has 0 aromatic heterocycles. The predicted molar refractivity (Wildman–Crippen MR) is 89.2 cm³/mol. The lowest BCUT2D eigenvalue weighted by Gasteiger charge is -2.22. The summed E-state index contributed by atoms with van der Waals surface area (Å²) in [6.45, 7) is 10.8. The lowest BCUT2D eigenvalue weighted by Crippen LogP contribution is -2.24. The summed E-state index contributed by atoms with van der Waals surface area (Å²) in [5.74, 6) is 1.72. The average Bonchev–Trinajstić information content (AvgIpc) is 2.49. The third kappa shape index (κ3) is 6.38. The Morgan fingerprint density at radius 2 is 1.62 bits per heavy atom. The molecule has 1 rings (SSSR count). The van der Waals surface area contributed by atoms with Gasteiger partial charge in [-0.1, -0.05) is 33.8 Å². The molecule has 0 atom stereocenters. The van der Waals surface area contributed by atoms with Gasteiger partial charge < -0.3 is 15.2 Å². The topological polar surface area (TPSA) is 44.5 Å². The summed E-state index contributed by atoms with van der Waals surface area (Å²) < 4.78 is 11.6. The van der Waals surface area contributed by atoms with Gasteiger partial charge in [0.2, 0.25) is 0 Å². The first kappa shape index (κ1) is 17.8. The second-order valence-corrected chi connectivity index (χ2v) is 6.35. The fraction of sp³-hybridized carbons (Fsp3) is 0.667. The van der Waals surface area contributed by atoms with Crippen LogP contribution in [0.15, 0.2) is 18.2 Å². The number of ether oxygens (including phenoxy) is 2. The van der Waals surface area contributed by atoms with E-state index in [1.807, 2.05) is 6.07 Å². The SMILES string of the molecule is CCCOc1ccc(CCC(C)(C)CN)cc1OCCC. The fourth-order valence-electron chi connectivity index (χ4n) is 1.95. The molecule has 0 aliphatic rings. The zero-order valence-electron chi connectivity index (χ0n) is 14.1. The van der Waals surface area contributed by atoms with Crippen molar-refractivity contribution in [2.45, 2.75) is 53.4 Å². The molecule has 1 aromatic carbocycles. The molecule has 0 amide bonds. The maximum Gasteiger partial charge on any atom is 0.161 e. The number of nitrogens with two attached hydrogens (primary N) is 1. The van der Waals surface area contributed by atoms with E-state index in [1.165, 1.54) is 5.56 Å². The van der Waals surface area contributed by atoms with Gasteiger partial charge in [-0.3, -0.25) is 0 Å². The molecule has 3 heteroatoms. The average molecular weight is 293 g/mol. The molecule has 0 aliphatic carbocycles. The van der Waals surface area contributed by atoms with E-state index in [-0.39, 0.29) is 5.41 Å². The largest absolute Gasteiger partial charge is 0.490 e. The normalized spacial score (nSPS) is 11.5. The Morgan fingerprint density at radius 1 is 1.00 bits per heavy atom. The Bertz CT molecular complexity index is 416. The van der Waals surface area contributed by atoms with Crippen LogP contribution in [0.2, 0.25) is 0 Å². The molecule has 0 heterocycles. The van der Waals surface area contributed by atoms with Crippen molar-refractivity contribution >= 4 is 0 Å². The van der Waals surface area contributed by atoms with E-state index in [4.69, 9.17) is 15.2 Å². The van der Waals surface area contributed by atoms with Crippen LogP contribution in [0, 0.1) is 5.41 Å². The third-order valence-electron chi connectivity index (χ3n) is 3.57.